The lowest BCUT2D eigenvalue weighted by Crippen LogP contribution is -2.22. The summed E-state index contributed by atoms with van der Waals surface area (Å²) in [6.45, 7) is 2.55. The number of aromatic nitrogens is 4. The first kappa shape index (κ1) is 15.9. The van der Waals surface area contributed by atoms with Crippen molar-refractivity contribution in [1.82, 2.24) is 19.7 Å². The van der Waals surface area contributed by atoms with E-state index in [0.717, 1.165) is 29.3 Å². The highest BCUT2D eigenvalue weighted by atomic mass is 16.3. The van der Waals surface area contributed by atoms with E-state index in [2.05, 4.69) is 20.5 Å². The van der Waals surface area contributed by atoms with Crippen molar-refractivity contribution in [3.8, 4) is 0 Å². The van der Waals surface area contributed by atoms with Crippen LogP contribution < -0.4 is 5.32 Å². The highest BCUT2D eigenvalue weighted by Crippen LogP contribution is 2.37. The van der Waals surface area contributed by atoms with Gasteiger partial charge in [0.1, 0.15) is 18.0 Å². The molecule has 0 radical (unpaired) electrons. The molecule has 3 rings (SSSR count). The first-order valence-corrected chi connectivity index (χ1v) is 7.91. The number of aliphatic hydroxyl groups is 2. The Labute approximate surface area is 135 Å². The number of hydrogen-bond donors (Lipinski definition) is 3. The Morgan fingerprint density at radius 1 is 1.35 bits per heavy atom. The zero-order valence-electron chi connectivity index (χ0n) is 13.5. The molecule has 0 aromatic carbocycles. The van der Waals surface area contributed by atoms with Crippen molar-refractivity contribution < 1.29 is 10.2 Å². The van der Waals surface area contributed by atoms with Gasteiger partial charge in [-0.3, -0.25) is 0 Å². The van der Waals surface area contributed by atoms with Gasteiger partial charge in [0, 0.05) is 31.1 Å². The quantitative estimate of drug-likeness (QED) is 0.761. The average molecular weight is 317 g/mol. The number of aliphatic hydroxyl groups excluding tert-OH is 2. The molecule has 1 aliphatic rings. The van der Waals surface area contributed by atoms with Gasteiger partial charge >= 0.3 is 0 Å². The third-order valence-electron chi connectivity index (χ3n) is 4.51. The topological polar surface area (TPSA) is 96.1 Å². The van der Waals surface area contributed by atoms with Crippen molar-refractivity contribution in [3.05, 3.63) is 35.5 Å². The molecule has 3 N–H and O–H groups in total. The number of anilines is 1. The van der Waals surface area contributed by atoms with Crippen LogP contribution in [-0.2, 0) is 13.7 Å². The Bertz CT molecular complexity index is 672. The van der Waals surface area contributed by atoms with E-state index in [4.69, 9.17) is 0 Å². The second-order valence-electron chi connectivity index (χ2n) is 6.34. The number of rotatable bonds is 5. The van der Waals surface area contributed by atoms with Gasteiger partial charge < -0.3 is 20.1 Å². The third-order valence-corrected chi connectivity index (χ3v) is 4.51. The van der Waals surface area contributed by atoms with Gasteiger partial charge in [0.2, 0.25) is 0 Å². The highest BCUT2D eigenvalue weighted by molar-refractivity contribution is 5.39. The summed E-state index contributed by atoms with van der Waals surface area (Å²) >= 11 is 0. The van der Waals surface area contributed by atoms with Crippen LogP contribution in [0.1, 0.15) is 35.8 Å². The monoisotopic (exact) mass is 317 g/mol. The molecule has 7 nitrogen and oxygen atoms in total. The van der Waals surface area contributed by atoms with Gasteiger partial charge in [-0.2, -0.15) is 0 Å². The van der Waals surface area contributed by atoms with E-state index < -0.39 is 0 Å². The molecular formula is C16H23N5O2. The van der Waals surface area contributed by atoms with E-state index in [1.54, 1.807) is 6.33 Å². The normalized spacial score (nSPS) is 24.1. The summed E-state index contributed by atoms with van der Waals surface area (Å²) in [6.07, 6.45) is 2.92. The van der Waals surface area contributed by atoms with Crippen LogP contribution in [-0.4, -0.2) is 42.6 Å². The maximum atomic E-state index is 10.3. The molecule has 0 aliphatic heterocycles. The molecule has 2 aromatic rings. The molecule has 3 atom stereocenters. The van der Waals surface area contributed by atoms with Crippen LogP contribution in [0.2, 0.25) is 0 Å². The second kappa shape index (κ2) is 6.64. The first-order chi connectivity index (χ1) is 11.1. The molecule has 23 heavy (non-hydrogen) atoms. The lowest BCUT2D eigenvalue weighted by molar-refractivity contribution is 0.137. The SMILES string of the molecule is Cc1cc(CO)cc(NC[C@H]2C[C@H](c3nncn3C)C[C@H]2O)n1. The lowest BCUT2D eigenvalue weighted by Gasteiger charge is -2.16. The largest absolute Gasteiger partial charge is 0.393 e. The standard InChI is InChI=1S/C16H23N5O2/c1-10-3-11(8-22)4-15(19-10)17-7-13-5-12(6-14(13)23)16-20-18-9-21(16)2/h3-4,9,12-14,22-23H,5-8H2,1-2H3,(H,17,19)/t12-,13+,14+/m0/s1. The van der Waals surface area contributed by atoms with E-state index in [9.17, 15) is 10.2 Å². The van der Waals surface area contributed by atoms with Gasteiger partial charge in [-0.25, -0.2) is 4.98 Å². The molecule has 1 aliphatic carbocycles. The summed E-state index contributed by atoms with van der Waals surface area (Å²) < 4.78 is 1.92. The number of nitrogens with zero attached hydrogens (tertiary/aromatic N) is 4. The van der Waals surface area contributed by atoms with Crippen molar-refractivity contribution in [2.75, 3.05) is 11.9 Å². The molecule has 1 fully saturated rings. The van der Waals surface area contributed by atoms with Crippen LogP contribution >= 0.6 is 0 Å². The van der Waals surface area contributed by atoms with Crippen molar-refractivity contribution in [2.24, 2.45) is 13.0 Å². The molecule has 0 bridgehead atoms. The van der Waals surface area contributed by atoms with Gasteiger partial charge in [-0.1, -0.05) is 0 Å². The minimum absolute atomic E-state index is 0.00166. The molecule has 1 saturated carbocycles. The summed E-state index contributed by atoms with van der Waals surface area (Å²) in [7, 11) is 1.93. The van der Waals surface area contributed by atoms with Crippen LogP contribution in [0.5, 0.6) is 0 Å². The fourth-order valence-electron chi connectivity index (χ4n) is 3.35. The minimum Gasteiger partial charge on any atom is -0.393 e. The van der Waals surface area contributed by atoms with Gasteiger partial charge in [0.25, 0.3) is 0 Å². The third kappa shape index (κ3) is 3.51. The molecule has 0 amide bonds. The molecule has 7 heteroatoms. The summed E-state index contributed by atoms with van der Waals surface area (Å²) in [4.78, 5) is 4.42. The minimum atomic E-state index is -0.355. The Hall–Kier alpha value is -1.99. The predicted octanol–water partition coefficient (Wildman–Crippen LogP) is 0.977. The Kier molecular flexibility index (Phi) is 4.58. The van der Waals surface area contributed by atoms with E-state index in [-0.39, 0.29) is 24.5 Å². The Morgan fingerprint density at radius 3 is 2.87 bits per heavy atom. The summed E-state index contributed by atoms with van der Waals surface area (Å²) in [5.41, 5.74) is 1.70. The lowest BCUT2D eigenvalue weighted by atomic mass is 10.0. The smallest absolute Gasteiger partial charge is 0.135 e. The number of nitrogens with one attached hydrogen (secondary N) is 1. The zero-order chi connectivity index (χ0) is 16.4. The van der Waals surface area contributed by atoms with Gasteiger partial charge in [0.15, 0.2) is 0 Å². The number of aryl methyl sites for hydroxylation is 2. The van der Waals surface area contributed by atoms with Crippen molar-refractivity contribution in [1.29, 1.82) is 0 Å². The first-order valence-electron chi connectivity index (χ1n) is 7.91. The summed E-state index contributed by atoms with van der Waals surface area (Å²) in [5, 5.41) is 31.0. The molecule has 0 spiro atoms. The van der Waals surface area contributed by atoms with E-state index in [1.807, 2.05) is 30.7 Å². The van der Waals surface area contributed by atoms with Crippen LogP contribution in [0.4, 0.5) is 5.82 Å². The van der Waals surface area contributed by atoms with Crippen molar-refractivity contribution in [2.45, 2.75) is 38.4 Å². The summed E-state index contributed by atoms with van der Waals surface area (Å²) in [6, 6.07) is 3.70. The molecule has 0 unspecified atom stereocenters. The Morgan fingerprint density at radius 2 is 2.17 bits per heavy atom. The summed E-state index contributed by atoms with van der Waals surface area (Å²) in [5.74, 6) is 2.06. The van der Waals surface area contributed by atoms with Crippen LogP contribution in [0.3, 0.4) is 0 Å². The van der Waals surface area contributed by atoms with E-state index >= 15 is 0 Å². The van der Waals surface area contributed by atoms with Crippen molar-refractivity contribution in [3.63, 3.8) is 0 Å². The van der Waals surface area contributed by atoms with E-state index in [0.29, 0.717) is 13.0 Å². The van der Waals surface area contributed by atoms with Crippen molar-refractivity contribution >= 4 is 5.82 Å². The number of hydrogen-bond acceptors (Lipinski definition) is 6. The molecular weight excluding hydrogens is 294 g/mol. The van der Waals surface area contributed by atoms with Gasteiger partial charge in [-0.05, 0) is 37.5 Å². The van der Waals surface area contributed by atoms with E-state index in [1.165, 1.54) is 0 Å². The van der Waals surface area contributed by atoms with Crippen LogP contribution in [0.25, 0.3) is 0 Å². The van der Waals surface area contributed by atoms with Gasteiger partial charge in [0.05, 0.1) is 12.7 Å². The fourth-order valence-corrected chi connectivity index (χ4v) is 3.35. The highest BCUT2D eigenvalue weighted by Gasteiger charge is 2.35. The Balaban J connectivity index is 1.63. The van der Waals surface area contributed by atoms with Crippen LogP contribution in [0.15, 0.2) is 18.5 Å². The zero-order valence-corrected chi connectivity index (χ0v) is 13.5. The van der Waals surface area contributed by atoms with Gasteiger partial charge in [-0.15, -0.1) is 10.2 Å². The molecule has 2 heterocycles. The molecule has 0 saturated heterocycles. The average Bonchev–Trinajstić information content (AvgIpc) is 3.10. The predicted molar refractivity (Wildman–Crippen MR) is 85.9 cm³/mol. The number of pyridine rings is 1. The van der Waals surface area contributed by atoms with Crippen LogP contribution in [0, 0.1) is 12.8 Å². The maximum Gasteiger partial charge on any atom is 0.135 e. The fraction of sp³-hybridized carbons (Fsp3) is 0.562. The second-order valence-corrected chi connectivity index (χ2v) is 6.34. The molecule has 124 valence electrons. The maximum absolute atomic E-state index is 10.3. The molecule has 2 aromatic heterocycles.